The van der Waals surface area contributed by atoms with E-state index in [0.717, 1.165) is 17.4 Å². The molecule has 2 rings (SSSR count). The van der Waals surface area contributed by atoms with Crippen LogP contribution in [0, 0.1) is 12.7 Å². The van der Waals surface area contributed by atoms with E-state index in [1.54, 1.807) is 13.8 Å². The van der Waals surface area contributed by atoms with Crippen molar-refractivity contribution >= 4 is 34.1 Å². The van der Waals surface area contributed by atoms with Crippen molar-refractivity contribution in [3.63, 3.8) is 0 Å². The summed E-state index contributed by atoms with van der Waals surface area (Å²) in [5.74, 6) is -2.44. The predicted octanol–water partition coefficient (Wildman–Crippen LogP) is 2.98. The first-order chi connectivity index (χ1) is 11.9. The lowest BCUT2D eigenvalue weighted by Crippen LogP contribution is -2.21. The van der Waals surface area contributed by atoms with Gasteiger partial charge in [-0.25, -0.2) is 9.18 Å². The van der Waals surface area contributed by atoms with Crippen molar-refractivity contribution in [2.45, 2.75) is 13.8 Å². The van der Waals surface area contributed by atoms with Crippen LogP contribution in [0.15, 0.2) is 24.3 Å². The molecule has 0 bridgehead atoms. The highest BCUT2D eigenvalue weighted by molar-refractivity contribution is 7.18. The fourth-order valence-corrected chi connectivity index (χ4v) is 3.30. The number of thiophene rings is 1. The van der Waals surface area contributed by atoms with E-state index in [1.165, 1.54) is 25.2 Å². The number of halogens is 1. The minimum absolute atomic E-state index is 0.153. The molecule has 0 unspecified atom stereocenters. The molecule has 6 nitrogen and oxygen atoms in total. The smallest absolute Gasteiger partial charge is 0.348 e. The second-order valence-electron chi connectivity index (χ2n) is 4.99. The zero-order valence-electron chi connectivity index (χ0n) is 13.9. The maximum absolute atomic E-state index is 13.8. The number of ether oxygens (including phenoxy) is 1. The highest BCUT2D eigenvalue weighted by atomic mass is 32.1. The summed E-state index contributed by atoms with van der Waals surface area (Å²) in [6, 6.07) is 5.49. The van der Waals surface area contributed by atoms with E-state index in [4.69, 9.17) is 4.74 Å². The third-order valence-corrected chi connectivity index (χ3v) is 4.59. The number of amides is 2. The van der Waals surface area contributed by atoms with Gasteiger partial charge in [0.05, 0.1) is 17.7 Å². The first-order valence-electron chi connectivity index (χ1n) is 7.49. The number of benzene rings is 1. The second-order valence-corrected chi connectivity index (χ2v) is 6.01. The van der Waals surface area contributed by atoms with Gasteiger partial charge in [0.1, 0.15) is 15.7 Å². The summed E-state index contributed by atoms with van der Waals surface area (Å²) >= 11 is 0.917. The van der Waals surface area contributed by atoms with Gasteiger partial charge < -0.3 is 15.4 Å². The second kappa shape index (κ2) is 7.89. The summed E-state index contributed by atoms with van der Waals surface area (Å²) in [5, 5.41) is 5.13. The molecule has 1 aromatic carbocycles. The molecule has 0 aliphatic heterocycles. The van der Waals surface area contributed by atoms with Crippen LogP contribution in [0.25, 0.3) is 0 Å². The van der Waals surface area contributed by atoms with Crippen LogP contribution in [-0.2, 0) is 4.74 Å². The van der Waals surface area contributed by atoms with E-state index in [0.29, 0.717) is 5.56 Å². The van der Waals surface area contributed by atoms with Crippen molar-refractivity contribution < 1.29 is 23.5 Å². The Kier molecular flexibility index (Phi) is 5.87. The molecular formula is C17H17FN2O4S. The molecule has 2 aromatic rings. The topological polar surface area (TPSA) is 84.5 Å². The van der Waals surface area contributed by atoms with E-state index < -0.39 is 23.6 Å². The van der Waals surface area contributed by atoms with Gasteiger partial charge in [0.15, 0.2) is 0 Å². The van der Waals surface area contributed by atoms with Gasteiger partial charge in [0, 0.05) is 7.05 Å². The van der Waals surface area contributed by atoms with Crippen molar-refractivity contribution in [2.75, 3.05) is 19.0 Å². The number of hydrogen-bond donors (Lipinski definition) is 2. The monoisotopic (exact) mass is 364 g/mol. The minimum Gasteiger partial charge on any atom is -0.462 e. The maximum Gasteiger partial charge on any atom is 0.348 e. The lowest BCUT2D eigenvalue weighted by molar-refractivity contribution is 0.0531. The number of carbonyl (C=O) groups is 3. The molecule has 0 saturated heterocycles. The van der Waals surface area contributed by atoms with Crippen molar-refractivity contribution in [3.8, 4) is 0 Å². The zero-order valence-corrected chi connectivity index (χ0v) is 14.8. The van der Waals surface area contributed by atoms with Gasteiger partial charge in [0.25, 0.3) is 11.8 Å². The highest BCUT2D eigenvalue weighted by Crippen LogP contribution is 2.34. The number of rotatable bonds is 5. The Morgan fingerprint density at radius 3 is 2.48 bits per heavy atom. The lowest BCUT2D eigenvalue weighted by Gasteiger charge is -2.07. The molecular weight excluding hydrogens is 347 g/mol. The molecule has 0 aliphatic carbocycles. The molecule has 0 saturated carbocycles. The molecule has 0 radical (unpaired) electrons. The fraction of sp³-hybridized carbons (Fsp3) is 0.235. The molecule has 8 heteroatoms. The first-order valence-corrected chi connectivity index (χ1v) is 8.30. The summed E-state index contributed by atoms with van der Waals surface area (Å²) in [7, 11) is 1.44. The van der Waals surface area contributed by atoms with Crippen LogP contribution >= 0.6 is 11.3 Å². The number of hydrogen-bond acceptors (Lipinski definition) is 5. The largest absolute Gasteiger partial charge is 0.462 e. The van der Waals surface area contributed by atoms with Crippen molar-refractivity contribution in [2.24, 2.45) is 0 Å². The van der Waals surface area contributed by atoms with Crippen molar-refractivity contribution in [3.05, 3.63) is 51.7 Å². The van der Waals surface area contributed by atoms with Crippen molar-refractivity contribution in [1.82, 2.24) is 5.32 Å². The van der Waals surface area contributed by atoms with Gasteiger partial charge in [-0.05, 0) is 31.5 Å². The standard InChI is InChI=1S/C17H17FN2O4S/c1-4-24-17(23)13-9(2)12(15(22)19-3)16(25-13)20-14(21)10-7-5-6-8-11(10)18/h5-8H,4H2,1-3H3,(H,19,22)(H,20,21). The number of carbonyl (C=O) groups excluding carboxylic acids is 3. The van der Waals surface area contributed by atoms with Crippen LogP contribution in [0.2, 0.25) is 0 Å². The molecule has 2 N–H and O–H groups in total. The molecule has 0 atom stereocenters. The third-order valence-electron chi connectivity index (χ3n) is 3.41. The summed E-state index contributed by atoms with van der Waals surface area (Å²) in [6.07, 6.45) is 0. The SMILES string of the molecule is CCOC(=O)c1sc(NC(=O)c2ccccc2F)c(C(=O)NC)c1C. The number of anilines is 1. The van der Waals surface area contributed by atoms with Gasteiger partial charge in [-0.15, -0.1) is 11.3 Å². The minimum atomic E-state index is -0.708. The van der Waals surface area contributed by atoms with Gasteiger partial charge in [-0.2, -0.15) is 0 Å². The van der Waals surface area contributed by atoms with E-state index in [1.807, 2.05) is 0 Å². The Hall–Kier alpha value is -2.74. The lowest BCUT2D eigenvalue weighted by atomic mass is 10.1. The van der Waals surface area contributed by atoms with Crippen LogP contribution in [-0.4, -0.2) is 31.4 Å². The van der Waals surface area contributed by atoms with Crippen LogP contribution in [0.1, 0.15) is 42.9 Å². The normalized spacial score (nSPS) is 10.2. The van der Waals surface area contributed by atoms with Gasteiger partial charge in [0.2, 0.25) is 0 Å². The summed E-state index contributed by atoms with van der Waals surface area (Å²) in [4.78, 5) is 36.7. The zero-order chi connectivity index (χ0) is 18.6. The first kappa shape index (κ1) is 18.6. The number of esters is 1. The Balaban J connectivity index is 2.44. The Morgan fingerprint density at radius 2 is 1.88 bits per heavy atom. The summed E-state index contributed by atoms with van der Waals surface area (Å²) < 4.78 is 18.7. The average molecular weight is 364 g/mol. The summed E-state index contributed by atoms with van der Waals surface area (Å²) in [5.41, 5.74) is 0.390. The molecule has 25 heavy (non-hydrogen) atoms. The van der Waals surface area contributed by atoms with Crippen LogP contribution in [0.5, 0.6) is 0 Å². The van der Waals surface area contributed by atoms with E-state index in [9.17, 15) is 18.8 Å². The molecule has 0 spiro atoms. The summed E-state index contributed by atoms with van der Waals surface area (Å²) in [6.45, 7) is 3.44. The highest BCUT2D eigenvalue weighted by Gasteiger charge is 2.26. The molecule has 0 fully saturated rings. The molecule has 1 heterocycles. The van der Waals surface area contributed by atoms with Gasteiger partial charge in [-0.1, -0.05) is 12.1 Å². The Labute approximate surface area is 148 Å². The predicted molar refractivity (Wildman–Crippen MR) is 92.8 cm³/mol. The van der Waals surface area contributed by atoms with Gasteiger partial charge >= 0.3 is 5.97 Å². The number of nitrogens with one attached hydrogen (secondary N) is 2. The average Bonchev–Trinajstić information content (AvgIpc) is 2.91. The van der Waals surface area contributed by atoms with Crippen LogP contribution in [0.4, 0.5) is 9.39 Å². The van der Waals surface area contributed by atoms with Crippen LogP contribution in [0.3, 0.4) is 0 Å². The fourth-order valence-electron chi connectivity index (χ4n) is 2.21. The molecule has 1 aromatic heterocycles. The van der Waals surface area contributed by atoms with E-state index in [-0.39, 0.29) is 27.6 Å². The van der Waals surface area contributed by atoms with E-state index >= 15 is 0 Å². The van der Waals surface area contributed by atoms with Gasteiger partial charge in [-0.3, -0.25) is 9.59 Å². The Bertz CT molecular complexity index is 832. The maximum atomic E-state index is 13.8. The third kappa shape index (κ3) is 3.85. The quantitative estimate of drug-likeness (QED) is 0.799. The Morgan fingerprint density at radius 1 is 1.20 bits per heavy atom. The molecule has 0 aliphatic rings. The molecule has 132 valence electrons. The van der Waals surface area contributed by atoms with Crippen LogP contribution < -0.4 is 10.6 Å². The van der Waals surface area contributed by atoms with E-state index in [2.05, 4.69) is 10.6 Å². The van der Waals surface area contributed by atoms with Crippen molar-refractivity contribution in [1.29, 1.82) is 0 Å². The molecule has 2 amide bonds.